The van der Waals surface area contributed by atoms with Crippen molar-refractivity contribution in [3.05, 3.63) is 70.0 Å². The zero-order valence-corrected chi connectivity index (χ0v) is 20.3. The number of alkyl halides is 6. The first-order valence-electron chi connectivity index (χ1n) is 11.4. The first-order valence-corrected chi connectivity index (χ1v) is 11.4. The number of urea groups is 1. The van der Waals surface area contributed by atoms with Gasteiger partial charge in [-0.15, -0.1) is 0 Å². The number of carbonyl (C=O) groups is 1. The van der Waals surface area contributed by atoms with Gasteiger partial charge >= 0.3 is 18.4 Å². The Kier molecular flexibility index (Phi) is 7.92. The third-order valence-electron chi connectivity index (χ3n) is 6.76. The molecule has 1 aliphatic rings. The molecule has 0 saturated carbocycles. The van der Waals surface area contributed by atoms with Crippen LogP contribution in [0.3, 0.4) is 0 Å². The predicted molar refractivity (Wildman–Crippen MR) is 121 cm³/mol. The second-order valence-electron chi connectivity index (χ2n) is 9.15. The summed E-state index contributed by atoms with van der Waals surface area (Å²) < 4.78 is 93.7. The normalized spacial score (nSPS) is 19.5. The standard InChI is InChI=1S/C25H28F7N3O/c1-14-9-20(26)5-6-21(14)22-16(13-33-3)7-8-35(22)23(36)34(4)15(2)17-10-18(24(27,28)29)12-19(11-17)25(30,31)32/h5-6,9-12,15-16,22,33H,7-8,13H2,1-4H3/t15-,16-,22+/m1/s1. The molecule has 0 bridgehead atoms. The fourth-order valence-electron chi connectivity index (χ4n) is 4.75. The van der Waals surface area contributed by atoms with Crippen molar-refractivity contribution in [3.8, 4) is 0 Å². The molecule has 1 heterocycles. The van der Waals surface area contributed by atoms with Crippen molar-refractivity contribution in [2.45, 2.75) is 44.7 Å². The highest BCUT2D eigenvalue weighted by Gasteiger charge is 2.41. The summed E-state index contributed by atoms with van der Waals surface area (Å²) in [5, 5.41) is 3.08. The Hall–Kier alpha value is -2.82. The molecule has 1 fully saturated rings. The molecule has 2 amide bonds. The molecule has 2 aromatic rings. The maximum Gasteiger partial charge on any atom is 0.416 e. The molecule has 0 spiro atoms. The number of carbonyl (C=O) groups excluding carboxylic acids is 1. The van der Waals surface area contributed by atoms with E-state index in [-0.39, 0.29) is 17.5 Å². The van der Waals surface area contributed by atoms with Crippen molar-refractivity contribution in [2.24, 2.45) is 5.92 Å². The van der Waals surface area contributed by atoms with E-state index < -0.39 is 47.4 Å². The maximum atomic E-state index is 13.7. The van der Waals surface area contributed by atoms with Gasteiger partial charge in [0.15, 0.2) is 0 Å². The van der Waals surface area contributed by atoms with E-state index in [1.165, 1.54) is 26.1 Å². The number of halogens is 7. The molecule has 198 valence electrons. The molecule has 1 aliphatic heterocycles. The largest absolute Gasteiger partial charge is 0.416 e. The van der Waals surface area contributed by atoms with Crippen molar-refractivity contribution in [3.63, 3.8) is 0 Å². The molecular weight excluding hydrogens is 491 g/mol. The summed E-state index contributed by atoms with van der Waals surface area (Å²) in [5.74, 6) is -0.440. The molecule has 1 N–H and O–H groups in total. The fraction of sp³-hybridized carbons (Fsp3) is 0.480. The van der Waals surface area contributed by atoms with Crippen LogP contribution in [0.2, 0.25) is 0 Å². The molecule has 2 aromatic carbocycles. The highest BCUT2D eigenvalue weighted by Crippen LogP contribution is 2.41. The molecule has 0 aromatic heterocycles. The number of hydrogen-bond donors (Lipinski definition) is 1. The van der Waals surface area contributed by atoms with Crippen LogP contribution in [-0.4, -0.2) is 43.0 Å². The smallest absolute Gasteiger partial charge is 0.321 e. The second kappa shape index (κ2) is 10.3. The van der Waals surface area contributed by atoms with Gasteiger partial charge in [-0.2, -0.15) is 26.3 Å². The Morgan fingerprint density at radius 1 is 1.08 bits per heavy atom. The van der Waals surface area contributed by atoms with Gasteiger partial charge < -0.3 is 15.1 Å². The molecule has 1 saturated heterocycles. The van der Waals surface area contributed by atoms with Crippen LogP contribution in [0.25, 0.3) is 0 Å². The van der Waals surface area contributed by atoms with E-state index in [0.29, 0.717) is 37.2 Å². The number of likely N-dealkylation sites (tertiary alicyclic amines) is 1. The fourth-order valence-corrected chi connectivity index (χ4v) is 4.75. The van der Waals surface area contributed by atoms with Gasteiger partial charge in [-0.1, -0.05) is 6.07 Å². The second-order valence-corrected chi connectivity index (χ2v) is 9.15. The first kappa shape index (κ1) is 27.8. The van der Waals surface area contributed by atoms with Crippen molar-refractivity contribution < 1.29 is 35.5 Å². The van der Waals surface area contributed by atoms with Crippen LogP contribution in [0, 0.1) is 18.7 Å². The minimum Gasteiger partial charge on any atom is -0.321 e. The van der Waals surface area contributed by atoms with E-state index in [4.69, 9.17) is 0 Å². The third kappa shape index (κ3) is 5.77. The van der Waals surface area contributed by atoms with Gasteiger partial charge in [0, 0.05) is 20.1 Å². The Morgan fingerprint density at radius 2 is 1.67 bits per heavy atom. The van der Waals surface area contributed by atoms with Crippen LogP contribution in [-0.2, 0) is 12.4 Å². The monoisotopic (exact) mass is 519 g/mol. The summed E-state index contributed by atoms with van der Waals surface area (Å²) in [7, 11) is 3.11. The number of nitrogens with one attached hydrogen (secondary N) is 1. The summed E-state index contributed by atoms with van der Waals surface area (Å²) in [5.41, 5.74) is -1.77. The van der Waals surface area contributed by atoms with Crippen molar-refractivity contribution in [1.82, 2.24) is 15.1 Å². The zero-order valence-electron chi connectivity index (χ0n) is 20.3. The van der Waals surface area contributed by atoms with Gasteiger partial charge in [-0.3, -0.25) is 0 Å². The first-order chi connectivity index (χ1) is 16.6. The summed E-state index contributed by atoms with van der Waals surface area (Å²) >= 11 is 0. The number of nitrogens with zero attached hydrogens (tertiary/aromatic N) is 2. The van der Waals surface area contributed by atoms with E-state index in [2.05, 4.69) is 5.32 Å². The Bertz CT molecular complexity index is 1070. The highest BCUT2D eigenvalue weighted by atomic mass is 19.4. The van der Waals surface area contributed by atoms with Gasteiger partial charge in [-0.05, 0) is 80.3 Å². The Balaban J connectivity index is 1.97. The molecular formula is C25H28F7N3O. The molecule has 3 rings (SSSR count). The molecule has 0 unspecified atom stereocenters. The SMILES string of the molecule is CNC[C@H]1CCN(C(=O)N(C)[C@H](C)c2cc(C(F)(F)F)cc(C(F)(F)F)c2)[C@@H]1c1ccc(F)cc1C. The average Bonchev–Trinajstić information content (AvgIpc) is 3.19. The number of aryl methyl sites for hydroxylation is 1. The quantitative estimate of drug-likeness (QED) is 0.454. The molecule has 11 heteroatoms. The predicted octanol–water partition coefficient (Wildman–Crippen LogP) is 6.57. The van der Waals surface area contributed by atoms with E-state index in [1.807, 2.05) is 0 Å². The lowest BCUT2D eigenvalue weighted by Crippen LogP contribution is -2.43. The lowest BCUT2D eigenvalue weighted by atomic mass is 9.90. The minimum absolute atomic E-state index is 0.0165. The number of hydrogen-bond acceptors (Lipinski definition) is 2. The van der Waals surface area contributed by atoms with Gasteiger partial charge in [0.1, 0.15) is 5.82 Å². The van der Waals surface area contributed by atoms with E-state index in [1.54, 1.807) is 24.9 Å². The highest BCUT2D eigenvalue weighted by molar-refractivity contribution is 5.76. The lowest BCUT2D eigenvalue weighted by Gasteiger charge is -2.35. The zero-order chi connectivity index (χ0) is 27.0. The van der Waals surface area contributed by atoms with Crippen molar-refractivity contribution >= 4 is 6.03 Å². The van der Waals surface area contributed by atoms with Crippen LogP contribution >= 0.6 is 0 Å². The van der Waals surface area contributed by atoms with E-state index >= 15 is 0 Å². The van der Waals surface area contributed by atoms with Crippen molar-refractivity contribution in [1.29, 1.82) is 0 Å². The minimum atomic E-state index is -4.99. The van der Waals surface area contributed by atoms with Crippen molar-refractivity contribution in [2.75, 3.05) is 27.2 Å². The third-order valence-corrected chi connectivity index (χ3v) is 6.76. The molecule has 3 atom stereocenters. The van der Waals surface area contributed by atoms with Gasteiger partial charge in [0.2, 0.25) is 0 Å². The lowest BCUT2D eigenvalue weighted by molar-refractivity contribution is -0.143. The van der Waals surface area contributed by atoms with E-state index in [0.717, 1.165) is 10.5 Å². The molecule has 4 nitrogen and oxygen atoms in total. The van der Waals surface area contributed by atoms with Crippen LogP contribution in [0.5, 0.6) is 0 Å². The summed E-state index contributed by atoms with van der Waals surface area (Å²) in [4.78, 5) is 16.2. The van der Waals surface area contributed by atoms with Gasteiger partial charge in [-0.25, -0.2) is 9.18 Å². The molecule has 0 aliphatic carbocycles. The van der Waals surface area contributed by atoms with Crippen LogP contribution in [0.4, 0.5) is 35.5 Å². The maximum absolute atomic E-state index is 13.7. The Morgan fingerprint density at radius 3 is 2.17 bits per heavy atom. The number of rotatable bonds is 5. The number of benzene rings is 2. The summed E-state index contributed by atoms with van der Waals surface area (Å²) in [6.07, 6.45) is -9.35. The van der Waals surface area contributed by atoms with Crippen LogP contribution in [0.15, 0.2) is 36.4 Å². The molecule has 36 heavy (non-hydrogen) atoms. The van der Waals surface area contributed by atoms with Crippen LogP contribution in [0.1, 0.15) is 53.2 Å². The summed E-state index contributed by atoms with van der Waals surface area (Å²) in [6.45, 7) is 4.00. The number of amides is 2. The molecule has 0 radical (unpaired) electrons. The van der Waals surface area contributed by atoms with E-state index in [9.17, 15) is 35.5 Å². The topological polar surface area (TPSA) is 35.6 Å². The van der Waals surface area contributed by atoms with Gasteiger partial charge in [0.05, 0.1) is 23.2 Å². The summed E-state index contributed by atoms with van der Waals surface area (Å²) in [6, 6.07) is 3.54. The average molecular weight is 520 g/mol. The Labute approximate surface area is 205 Å². The van der Waals surface area contributed by atoms with Crippen LogP contribution < -0.4 is 5.32 Å². The van der Waals surface area contributed by atoms with Gasteiger partial charge in [0.25, 0.3) is 0 Å².